The van der Waals surface area contributed by atoms with Crippen molar-refractivity contribution < 1.29 is 4.79 Å². The molecule has 0 fully saturated rings. The highest BCUT2D eigenvalue weighted by molar-refractivity contribution is 5.76. The summed E-state index contributed by atoms with van der Waals surface area (Å²) in [6.45, 7) is 6.87. The van der Waals surface area contributed by atoms with Crippen molar-refractivity contribution in [3.05, 3.63) is 52.6 Å². The maximum absolute atomic E-state index is 10.8. The van der Waals surface area contributed by atoms with Crippen LogP contribution in [0.2, 0.25) is 0 Å². The molecule has 19 heavy (non-hydrogen) atoms. The van der Waals surface area contributed by atoms with E-state index in [-0.39, 0.29) is 5.41 Å². The molecule has 1 nitrogen and oxygen atoms in total. The molecule has 0 heterocycles. The van der Waals surface area contributed by atoms with Crippen LogP contribution in [0, 0.1) is 5.41 Å². The van der Waals surface area contributed by atoms with Gasteiger partial charge in [-0.25, -0.2) is 0 Å². The third kappa shape index (κ3) is 3.23. The van der Waals surface area contributed by atoms with Crippen LogP contribution in [-0.2, 0) is 0 Å². The standard InChI is InChI=1S/C18H22O/c1-14-6-5-11-18(2,3)17(14)10-9-15-7-4-8-16(12-15)13-19/h4,7-10,12-13H,5-6,11H2,1-3H3. The molecule has 2 rings (SSSR count). The van der Waals surface area contributed by atoms with Crippen molar-refractivity contribution in [3.63, 3.8) is 0 Å². The highest BCUT2D eigenvalue weighted by Crippen LogP contribution is 2.40. The van der Waals surface area contributed by atoms with Crippen molar-refractivity contribution in [2.24, 2.45) is 5.41 Å². The van der Waals surface area contributed by atoms with Crippen LogP contribution in [0.25, 0.3) is 6.08 Å². The second kappa shape index (κ2) is 5.56. The number of carbonyl (C=O) groups excluding carboxylic acids is 1. The van der Waals surface area contributed by atoms with Crippen molar-refractivity contribution in [3.8, 4) is 0 Å². The van der Waals surface area contributed by atoms with E-state index in [1.807, 2.05) is 24.3 Å². The minimum atomic E-state index is 0.265. The van der Waals surface area contributed by atoms with Crippen LogP contribution in [0.3, 0.4) is 0 Å². The average Bonchev–Trinajstić information content (AvgIpc) is 2.37. The second-order valence-electron chi connectivity index (χ2n) is 6.05. The van der Waals surface area contributed by atoms with Crippen LogP contribution in [0.5, 0.6) is 0 Å². The summed E-state index contributed by atoms with van der Waals surface area (Å²) >= 11 is 0. The van der Waals surface area contributed by atoms with Gasteiger partial charge in [0.25, 0.3) is 0 Å². The zero-order valence-corrected chi connectivity index (χ0v) is 12.1. The predicted octanol–water partition coefficient (Wildman–Crippen LogP) is 5.04. The Kier molecular flexibility index (Phi) is 4.04. The molecule has 1 aliphatic rings. The SMILES string of the molecule is CC1=C(C=Cc2cccc(C=O)c2)C(C)(C)CCC1. The minimum absolute atomic E-state index is 0.265. The largest absolute Gasteiger partial charge is 0.298 e. The van der Waals surface area contributed by atoms with Crippen molar-refractivity contribution in [2.45, 2.75) is 40.0 Å². The molecule has 100 valence electrons. The fourth-order valence-electron chi connectivity index (χ4n) is 2.93. The number of carbonyl (C=O) groups is 1. The minimum Gasteiger partial charge on any atom is -0.298 e. The van der Waals surface area contributed by atoms with E-state index >= 15 is 0 Å². The molecule has 0 radical (unpaired) electrons. The molecule has 0 unspecified atom stereocenters. The first-order chi connectivity index (χ1) is 9.03. The molecule has 0 saturated heterocycles. The molecule has 0 spiro atoms. The molecule has 0 amide bonds. The van der Waals surface area contributed by atoms with Gasteiger partial charge in [0.05, 0.1) is 0 Å². The molecule has 0 N–H and O–H groups in total. The van der Waals surface area contributed by atoms with Gasteiger partial charge in [0.15, 0.2) is 0 Å². The van der Waals surface area contributed by atoms with Gasteiger partial charge in [-0.2, -0.15) is 0 Å². The van der Waals surface area contributed by atoms with Crippen molar-refractivity contribution in [1.82, 2.24) is 0 Å². The predicted molar refractivity (Wildman–Crippen MR) is 81.2 cm³/mol. The normalized spacial score (nSPS) is 18.9. The van der Waals surface area contributed by atoms with Gasteiger partial charge in [0, 0.05) is 5.56 Å². The molecule has 0 saturated carbocycles. The van der Waals surface area contributed by atoms with Crippen LogP contribution < -0.4 is 0 Å². The van der Waals surface area contributed by atoms with Crippen molar-refractivity contribution in [2.75, 3.05) is 0 Å². The Balaban J connectivity index is 2.28. The zero-order chi connectivity index (χ0) is 13.9. The van der Waals surface area contributed by atoms with Gasteiger partial charge < -0.3 is 0 Å². The van der Waals surface area contributed by atoms with E-state index < -0.39 is 0 Å². The van der Waals surface area contributed by atoms with Crippen molar-refractivity contribution in [1.29, 1.82) is 0 Å². The Bertz CT molecular complexity index is 532. The monoisotopic (exact) mass is 254 g/mol. The van der Waals surface area contributed by atoms with Crippen LogP contribution in [0.4, 0.5) is 0 Å². The summed E-state index contributed by atoms with van der Waals surface area (Å²) in [4.78, 5) is 10.8. The average molecular weight is 254 g/mol. The summed E-state index contributed by atoms with van der Waals surface area (Å²) in [6, 6.07) is 7.72. The summed E-state index contributed by atoms with van der Waals surface area (Å²) in [5, 5.41) is 0. The lowest BCUT2D eigenvalue weighted by Gasteiger charge is -2.32. The number of allylic oxidation sites excluding steroid dienone is 3. The number of aldehydes is 1. The summed E-state index contributed by atoms with van der Waals surface area (Å²) < 4.78 is 0. The summed E-state index contributed by atoms with van der Waals surface area (Å²) in [6.07, 6.45) is 9.00. The Morgan fingerprint density at radius 1 is 1.16 bits per heavy atom. The first-order valence-corrected chi connectivity index (χ1v) is 6.96. The van der Waals surface area contributed by atoms with E-state index in [4.69, 9.17) is 0 Å². The molecule has 0 aromatic heterocycles. The van der Waals surface area contributed by atoms with Crippen LogP contribution in [-0.4, -0.2) is 6.29 Å². The van der Waals surface area contributed by atoms with Gasteiger partial charge in [-0.05, 0) is 48.8 Å². The van der Waals surface area contributed by atoms with Gasteiger partial charge in [0.2, 0.25) is 0 Å². The quantitative estimate of drug-likeness (QED) is 0.691. The molecule has 0 bridgehead atoms. The molecule has 1 aromatic rings. The zero-order valence-electron chi connectivity index (χ0n) is 12.1. The third-order valence-corrected chi connectivity index (χ3v) is 4.03. The van der Waals surface area contributed by atoms with Gasteiger partial charge in [-0.3, -0.25) is 4.79 Å². The van der Waals surface area contributed by atoms with E-state index in [2.05, 4.69) is 32.9 Å². The molecule has 0 aliphatic heterocycles. The third-order valence-electron chi connectivity index (χ3n) is 4.03. The molecular formula is C18H22O. The van der Waals surface area contributed by atoms with Gasteiger partial charge >= 0.3 is 0 Å². The Hall–Kier alpha value is -1.63. The number of benzene rings is 1. The lowest BCUT2D eigenvalue weighted by atomic mass is 9.72. The summed E-state index contributed by atoms with van der Waals surface area (Å²) in [5.41, 5.74) is 5.04. The van der Waals surface area contributed by atoms with Gasteiger partial charge in [0.1, 0.15) is 6.29 Å². The van der Waals surface area contributed by atoms with Crippen molar-refractivity contribution >= 4 is 12.4 Å². The maximum Gasteiger partial charge on any atom is 0.150 e. The molecule has 1 heteroatoms. The highest BCUT2D eigenvalue weighted by Gasteiger charge is 2.26. The Labute approximate surface area is 116 Å². The Morgan fingerprint density at radius 3 is 2.58 bits per heavy atom. The smallest absolute Gasteiger partial charge is 0.150 e. The first kappa shape index (κ1) is 13.8. The van der Waals surface area contributed by atoms with Crippen LogP contribution >= 0.6 is 0 Å². The number of hydrogen-bond acceptors (Lipinski definition) is 1. The van der Waals surface area contributed by atoms with Crippen LogP contribution in [0.1, 0.15) is 56.0 Å². The molecule has 1 aliphatic carbocycles. The highest BCUT2D eigenvalue weighted by atomic mass is 16.1. The van der Waals surface area contributed by atoms with E-state index in [0.29, 0.717) is 0 Å². The number of rotatable bonds is 3. The molecule has 1 aromatic carbocycles. The Morgan fingerprint density at radius 2 is 1.89 bits per heavy atom. The summed E-state index contributed by atoms with van der Waals surface area (Å²) in [5.74, 6) is 0. The van der Waals surface area contributed by atoms with Gasteiger partial charge in [-0.1, -0.05) is 49.8 Å². The molecule has 0 atom stereocenters. The lowest BCUT2D eigenvalue weighted by Crippen LogP contribution is -2.18. The fraction of sp³-hybridized carbons (Fsp3) is 0.389. The number of hydrogen-bond donors (Lipinski definition) is 0. The van der Waals surface area contributed by atoms with Gasteiger partial charge in [-0.15, -0.1) is 0 Å². The fourth-order valence-corrected chi connectivity index (χ4v) is 2.93. The lowest BCUT2D eigenvalue weighted by molar-refractivity contribution is 0.112. The van der Waals surface area contributed by atoms with Crippen LogP contribution in [0.15, 0.2) is 41.5 Å². The maximum atomic E-state index is 10.8. The second-order valence-corrected chi connectivity index (χ2v) is 6.05. The van der Waals surface area contributed by atoms with E-state index in [9.17, 15) is 4.79 Å². The van der Waals surface area contributed by atoms with E-state index in [0.717, 1.165) is 17.4 Å². The van der Waals surface area contributed by atoms with E-state index in [1.54, 1.807) is 0 Å². The van der Waals surface area contributed by atoms with E-state index in [1.165, 1.54) is 30.4 Å². The first-order valence-electron chi connectivity index (χ1n) is 6.96. The molecular weight excluding hydrogens is 232 g/mol. The topological polar surface area (TPSA) is 17.1 Å². The summed E-state index contributed by atoms with van der Waals surface area (Å²) in [7, 11) is 0.